The van der Waals surface area contributed by atoms with Crippen LogP contribution in [0, 0.1) is 0 Å². The summed E-state index contributed by atoms with van der Waals surface area (Å²) >= 11 is 0. The van der Waals surface area contributed by atoms with Gasteiger partial charge in [0.25, 0.3) is 5.91 Å². The molecule has 1 aromatic carbocycles. The number of aromatic carboxylic acids is 1. The van der Waals surface area contributed by atoms with Crippen molar-refractivity contribution in [2.24, 2.45) is 0 Å². The molecule has 0 atom stereocenters. The summed E-state index contributed by atoms with van der Waals surface area (Å²) in [6.07, 6.45) is 0. The van der Waals surface area contributed by atoms with Crippen LogP contribution in [0.15, 0.2) is 18.2 Å². The van der Waals surface area contributed by atoms with Gasteiger partial charge in [0.2, 0.25) is 0 Å². The Morgan fingerprint density at radius 3 is 2.43 bits per heavy atom. The lowest BCUT2D eigenvalue weighted by Crippen LogP contribution is -2.43. The maximum atomic E-state index is 11.8. The molecule has 1 amide bonds. The zero-order valence-electron chi connectivity index (χ0n) is 12.7. The van der Waals surface area contributed by atoms with E-state index in [2.05, 4.69) is 5.32 Å². The molecule has 0 aliphatic carbocycles. The maximum absolute atomic E-state index is 11.8. The molecule has 116 valence electrons. The summed E-state index contributed by atoms with van der Waals surface area (Å²) in [6, 6.07) is 4.57. The number of benzene rings is 1. The number of amides is 1. The van der Waals surface area contributed by atoms with Gasteiger partial charge in [-0.1, -0.05) is 6.07 Å². The van der Waals surface area contributed by atoms with E-state index in [4.69, 9.17) is 9.47 Å². The summed E-state index contributed by atoms with van der Waals surface area (Å²) < 4.78 is 10.7. The van der Waals surface area contributed by atoms with Crippen molar-refractivity contribution in [2.75, 3.05) is 13.2 Å². The van der Waals surface area contributed by atoms with Crippen LogP contribution < -0.4 is 14.8 Å². The van der Waals surface area contributed by atoms with E-state index in [1.165, 1.54) is 6.07 Å². The van der Waals surface area contributed by atoms with Crippen molar-refractivity contribution in [2.45, 2.75) is 33.2 Å². The Balaban J connectivity index is 2.90. The molecule has 0 heterocycles. The van der Waals surface area contributed by atoms with Crippen LogP contribution in [0.4, 0.5) is 0 Å². The van der Waals surface area contributed by atoms with Crippen LogP contribution in [0.2, 0.25) is 0 Å². The van der Waals surface area contributed by atoms with E-state index in [0.717, 1.165) is 0 Å². The molecule has 2 N–H and O–H groups in total. The smallest absolute Gasteiger partial charge is 0.339 e. The largest absolute Gasteiger partial charge is 0.490 e. The summed E-state index contributed by atoms with van der Waals surface area (Å²) in [7, 11) is 0. The Kier molecular flexibility index (Phi) is 5.58. The van der Waals surface area contributed by atoms with Crippen LogP contribution in [0.5, 0.6) is 11.5 Å². The van der Waals surface area contributed by atoms with Crippen molar-refractivity contribution in [3.63, 3.8) is 0 Å². The Labute approximate surface area is 124 Å². The lowest BCUT2D eigenvalue weighted by Gasteiger charge is -2.21. The first kappa shape index (κ1) is 16.8. The van der Waals surface area contributed by atoms with Crippen molar-refractivity contribution < 1.29 is 24.2 Å². The van der Waals surface area contributed by atoms with Gasteiger partial charge < -0.3 is 19.9 Å². The fraction of sp³-hybridized carbons (Fsp3) is 0.467. The second-order valence-corrected chi connectivity index (χ2v) is 5.46. The van der Waals surface area contributed by atoms with E-state index in [1.54, 1.807) is 19.1 Å². The predicted molar refractivity (Wildman–Crippen MR) is 78.0 cm³/mol. The standard InChI is InChI=1S/C15H21NO5/c1-5-20-11-8-6-7-10(14(18)19)13(11)21-9-12(17)16-15(2,3)4/h6-8H,5,9H2,1-4H3,(H,16,17)(H,18,19). The number of hydrogen-bond donors (Lipinski definition) is 2. The third kappa shape index (κ3) is 5.33. The molecule has 0 spiro atoms. The lowest BCUT2D eigenvalue weighted by molar-refractivity contribution is -0.124. The second kappa shape index (κ2) is 6.97. The van der Waals surface area contributed by atoms with Gasteiger partial charge in [-0.25, -0.2) is 4.79 Å². The minimum absolute atomic E-state index is 0.0375. The topological polar surface area (TPSA) is 84.9 Å². The fourth-order valence-corrected chi connectivity index (χ4v) is 1.69. The van der Waals surface area contributed by atoms with E-state index in [0.29, 0.717) is 12.4 Å². The van der Waals surface area contributed by atoms with Crippen LogP contribution in [-0.2, 0) is 4.79 Å². The molecule has 0 saturated heterocycles. The van der Waals surface area contributed by atoms with Crippen molar-refractivity contribution in [3.05, 3.63) is 23.8 Å². The Hall–Kier alpha value is -2.24. The molecule has 0 unspecified atom stereocenters. The summed E-state index contributed by atoms with van der Waals surface area (Å²) in [5, 5.41) is 11.9. The molecule has 1 aromatic rings. The van der Waals surface area contributed by atoms with E-state index in [9.17, 15) is 14.7 Å². The Bertz CT molecular complexity index is 519. The number of para-hydroxylation sites is 1. The molecular weight excluding hydrogens is 274 g/mol. The highest BCUT2D eigenvalue weighted by Crippen LogP contribution is 2.31. The zero-order valence-corrected chi connectivity index (χ0v) is 12.7. The number of hydrogen-bond acceptors (Lipinski definition) is 4. The van der Waals surface area contributed by atoms with Gasteiger partial charge in [-0.2, -0.15) is 0 Å². The summed E-state index contributed by atoms with van der Waals surface area (Å²) in [6.45, 7) is 7.42. The number of rotatable bonds is 6. The number of carbonyl (C=O) groups is 2. The highest BCUT2D eigenvalue weighted by atomic mass is 16.5. The van der Waals surface area contributed by atoms with Crippen molar-refractivity contribution in [1.29, 1.82) is 0 Å². The molecule has 21 heavy (non-hydrogen) atoms. The number of nitrogens with one attached hydrogen (secondary N) is 1. The van der Waals surface area contributed by atoms with Gasteiger partial charge in [0.1, 0.15) is 5.56 Å². The average Bonchev–Trinajstić information content (AvgIpc) is 2.35. The monoisotopic (exact) mass is 295 g/mol. The normalized spacial score (nSPS) is 10.9. The van der Waals surface area contributed by atoms with Crippen molar-refractivity contribution in [3.8, 4) is 11.5 Å². The first-order valence-corrected chi connectivity index (χ1v) is 6.67. The van der Waals surface area contributed by atoms with Gasteiger partial charge in [0, 0.05) is 5.54 Å². The first-order chi connectivity index (χ1) is 9.74. The Morgan fingerprint density at radius 2 is 1.90 bits per heavy atom. The van der Waals surface area contributed by atoms with E-state index in [-0.39, 0.29) is 29.4 Å². The summed E-state index contributed by atoms with van der Waals surface area (Å²) in [5.41, 5.74) is -0.417. The number of carboxylic acids is 1. The van der Waals surface area contributed by atoms with E-state index >= 15 is 0 Å². The third-order valence-corrected chi connectivity index (χ3v) is 2.37. The molecule has 1 rings (SSSR count). The summed E-state index contributed by atoms with van der Waals surface area (Å²) in [4.78, 5) is 23.0. The molecule has 0 aliphatic rings. The fourth-order valence-electron chi connectivity index (χ4n) is 1.69. The van der Waals surface area contributed by atoms with Crippen LogP contribution in [0.3, 0.4) is 0 Å². The molecule has 0 saturated carbocycles. The molecule has 0 radical (unpaired) electrons. The van der Waals surface area contributed by atoms with Crippen LogP contribution in [-0.4, -0.2) is 35.7 Å². The van der Waals surface area contributed by atoms with Gasteiger partial charge in [-0.3, -0.25) is 4.79 Å². The minimum atomic E-state index is -1.14. The molecule has 0 bridgehead atoms. The molecular formula is C15H21NO5. The van der Waals surface area contributed by atoms with Gasteiger partial charge in [0.05, 0.1) is 6.61 Å². The van der Waals surface area contributed by atoms with Crippen LogP contribution >= 0.6 is 0 Å². The van der Waals surface area contributed by atoms with Crippen LogP contribution in [0.25, 0.3) is 0 Å². The highest BCUT2D eigenvalue weighted by molar-refractivity contribution is 5.92. The predicted octanol–water partition coefficient (Wildman–Crippen LogP) is 2.08. The van der Waals surface area contributed by atoms with Gasteiger partial charge in [-0.15, -0.1) is 0 Å². The van der Waals surface area contributed by atoms with Crippen molar-refractivity contribution in [1.82, 2.24) is 5.32 Å². The first-order valence-electron chi connectivity index (χ1n) is 6.67. The molecule has 0 aromatic heterocycles. The minimum Gasteiger partial charge on any atom is -0.490 e. The molecule has 6 heteroatoms. The van der Waals surface area contributed by atoms with Crippen LogP contribution in [0.1, 0.15) is 38.1 Å². The lowest BCUT2D eigenvalue weighted by atomic mass is 10.1. The SMILES string of the molecule is CCOc1cccc(C(=O)O)c1OCC(=O)NC(C)(C)C. The highest BCUT2D eigenvalue weighted by Gasteiger charge is 2.19. The molecule has 0 aliphatic heterocycles. The molecule has 0 fully saturated rings. The average molecular weight is 295 g/mol. The van der Waals surface area contributed by atoms with Crippen molar-refractivity contribution >= 4 is 11.9 Å². The second-order valence-electron chi connectivity index (χ2n) is 5.46. The number of carboxylic acid groups (broad SMARTS) is 1. The molecule has 6 nitrogen and oxygen atoms in total. The van der Waals surface area contributed by atoms with E-state index in [1.807, 2.05) is 20.8 Å². The quantitative estimate of drug-likeness (QED) is 0.839. The van der Waals surface area contributed by atoms with Gasteiger partial charge in [0.15, 0.2) is 18.1 Å². The van der Waals surface area contributed by atoms with Gasteiger partial charge in [-0.05, 0) is 39.8 Å². The number of ether oxygens (including phenoxy) is 2. The maximum Gasteiger partial charge on any atom is 0.339 e. The summed E-state index contributed by atoms with van der Waals surface area (Å²) in [5.74, 6) is -1.09. The van der Waals surface area contributed by atoms with E-state index < -0.39 is 5.97 Å². The van der Waals surface area contributed by atoms with Gasteiger partial charge >= 0.3 is 5.97 Å². The zero-order chi connectivity index (χ0) is 16.0. The Morgan fingerprint density at radius 1 is 1.24 bits per heavy atom. The number of carbonyl (C=O) groups excluding carboxylic acids is 1. The third-order valence-electron chi connectivity index (χ3n) is 2.37.